The molecule has 0 saturated heterocycles. The van der Waals surface area contributed by atoms with Gasteiger partial charge >= 0.3 is 5.97 Å². The summed E-state index contributed by atoms with van der Waals surface area (Å²) in [5, 5.41) is 9.72. The largest absolute Gasteiger partial charge is 0.479 e. The van der Waals surface area contributed by atoms with Crippen molar-refractivity contribution in [3.63, 3.8) is 0 Å². The van der Waals surface area contributed by atoms with Crippen LogP contribution in [-0.2, 0) is 9.53 Å². The van der Waals surface area contributed by atoms with Crippen molar-refractivity contribution in [3.8, 4) is 0 Å². The standard InChI is InChI=1S/C24H48O3/c1-4-6-8-10-12-14-16-18-20-22-24(27-3,23(25)26)21-19-17-15-13-11-9-7-5-2/h4-22H2,1-3H3,(H,25,26). The second kappa shape index (κ2) is 18.8. The van der Waals surface area contributed by atoms with Crippen LogP contribution in [0.15, 0.2) is 0 Å². The Hall–Kier alpha value is -0.570. The van der Waals surface area contributed by atoms with Gasteiger partial charge in [-0.2, -0.15) is 0 Å². The summed E-state index contributed by atoms with van der Waals surface area (Å²) < 4.78 is 5.53. The van der Waals surface area contributed by atoms with E-state index in [1.54, 1.807) is 7.11 Å². The molecule has 0 aromatic rings. The van der Waals surface area contributed by atoms with Gasteiger partial charge in [-0.25, -0.2) is 4.79 Å². The molecule has 0 aliphatic carbocycles. The Labute approximate surface area is 169 Å². The van der Waals surface area contributed by atoms with E-state index >= 15 is 0 Å². The van der Waals surface area contributed by atoms with Crippen LogP contribution in [0.5, 0.6) is 0 Å². The fourth-order valence-electron chi connectivity index (χ4n) is 3.90. The topological polar surface area (TPSA) is 46.5 Å². The highest BCUT2D eigenvalue weighted by Gasteiger charge is 2.37. The fraction of sp³-hybridized carbons (Fsp3) is 0.958. The smallest absolute Gasteiger partial charge is 0.335 e. The Kier molecular flexibility index (Phi) is 18.4. The molecule has 27 heavy (non-hydrogen) atoms. The molecule has 0 saturated carbocycles. The maximum Gasteiger partial charge on any atom is 0.335 e. The number of rotatable bonds is 21. The zero-order valence-corrected chi connectivity index (χ0v) is 18.7. The molecule has 0 aliphatic heterocycles. The van der Waals surface area contributed by atoms with Gasteiger partial charge in [-0.15, -0.1) is 0 Å². The van der Waals surface area contributed by atoms with E-state index in [1.165, 1.54) is 83.5 Å². The van der Waals surface area contributed by atoms with Crippen LogP contribution in [0.4, 0.5) is 0 Å². The second-order valence-corrected chi connectivity index (χ2v) is 8.31. The number of aliphatic carboxylic acids is 1. The first-order valence-corrected chi connectivity index (χ1v) is 11.9. The Morgan fingerprint density at radius 2 is 0.926 bits per heavy atom. The molecule has 0 rings (SSSR count). The van der Waals surface area contributed by atoms with Crippen molar-refractivity contribution in [2.45, 2.75) is 141 Å². The summed E-state index contributed by atoms with van der Waals surface area (Å²) in [7, 11) is 1.58. The average molecular weight is 385 g/mol. The van der Waals surface area contributed by atoms with E-state index in [1.807, 2.05) is 0 Å². The van der Waals surface area contributed by atoms with E-state index in [2.05, 4.69) is 13.8 Å². The number of unbranched alkanes of at least 4 members (excludes halogenated alkanes) is 15. The summed E-state index contributed by atoms with van der Waals surface area (Å²) in [6, 6.07) is 0. The first-order valence-electron chi connectivity index (χ1n) is 11.9. The molecule has 1 N–H and O–H groups in total. The Morgan fingerprint density at radius 3 is 1.19 bits per heavy atom. The quantitative estimate of drug-likeness (QED) is 0.204. The summed E-state index contributed by atoms with van der Waals surface area (Å²) >= 11 is 0. The maximum atomic E-state index is 11.8. The van der Waals surface area contributed by atoms with Gasteiger partial charge in [0, 0.05) is 7.11 Å². The van der Waals surface area contributed by atoms with Crippen LogP contribution in [-0.4, -0.2) is 23.8 Å². The summed E-state index contributed by atoms with van der Waals surface area (Å²) in [6.45, 7) is 4.49. The number of carbonyl (C=O) groups is 1. The van der Waals surface area contributed by atoms with Crippen LogP contribution in [0, 0.1) is 0 Å². The van der Waals surface area contributed by atoms with E-state index in [-0.39, 0.29) is 0 Å². The van der Waals surface area contributed by atoms with Gasteiger partial charge in [0.1, 0.15) is 0 Å². The number of methoxy groups -OCH3 is 1. The van der Waals surface area contributed by atoms with Crippen molar-refractivity contribution in [1.82, 2.24) is 0 Å². The van der Waals surface area contributed by atoms with E-state index in [0.717, 1.165) is 25.7 Å². The third-order valence-electron chi connectivity index (χ3n) is 5.90. The molecule has 1 unspecified atom stereocenters. The van der Waals surface area contributed by atoms with Crippen molar-refractivity contribution in [2.75, 3.05) is 7.11 Å². The Bertz CT molecular complexity index is 330. The lowest BCUT2D eigenvalue weighted by Gasteiger charge is -2.28. The monoisotopic (exact) mass is 384 g/mol. The van der Waals surface area contributed by atoms with Crippen LogP contribution in [0.2, 0.25) is 0 Å². The van der Waals surface area contributed by atoms with Crippen molar-refractivity contribution < 1.29 is 14.6 Å². The number of hydrogen-bond donors (Lipinski definition) is 1. The minimum atomic E-state index is -0.955. The molecule has 0 aromatic heterocycles. The Balaban J connectivity index is 3.89. The average Bonchev–Trinajstić information content (AvgIpc) is 2.67. The van der Waals surface area contributed by atoms with Gasteiger partial charge in [-0.1, -0.05) is 110 Å². The minimum absolute atomic E-state index is 0.658. The maximum absolute atomic E-state index is 11.8. The lowest BCUT2D eigenvalue weighted by molar-refractivity contribution is -0.164. The summed E-state index contributed by atoms with van der Waals surface area (Å²) in [5.41, 5.74) is -0.955. The van der Waals surface area contributed by atoms with E-state index in [9.17, 15) is 9.90 Å². The highest BCUT2D eigenvalue weighted by Crippen LogP contribution is 2.27. The third-order valence-corrected chi connectivity index (χ3v) is 5.90. The van der Waals surface area contributed by atoms with Crippen LogP contribution >= 0.6 is 0 Å². The lowest BCUT2D eigenvalue weighted by Crippen LogP contribution is -2.40. The van der Waals surface area contributed by atoms with Crippen molar-refractivity contribution in [2.24, 2.45) is 0 Å². The molecule has 0 radical (unpaired) electrons. The molecule has 162 valence electrons. The molecular weight excluding hydrogens is 336 g/mol. The lowest BCUT2D eigenvalue weighted by atomic mass is 9.89. The van der Waals surface area contributed by atoms with Gasteiger partial charge < -0.3 is 9.84 Å². The zero-order valence-electron chi connectivity index (χ0n) is 18.7. The predicted molar refractivity (Wildman–Crippen MR) is 116 cm³/mol. The third kappa shape index (κ3) is 14.1. The Morgan fingerprint density at radius 1 is 0.630 bits per heavy atom. The molecule has 0 aromatic carbocycles. The van der Waals surface area contributed by atoms with E-state index in [0.29, 0.717) is 12.8 Å². The highest BCUT2D eigenvalue weighted by atomic mass is 16.5. The minimum Gasteiger partial charge on any atom is -0.479 e. The molecule has 1 atom stereocenters. The molecule has 3 nitrogen and oxygen atoms in total. The van der Waals surface area contributed by atoms with E-state index < -0.39 is 11.6 Å². The normalized spacial score (nSPS) is 13.6. The van der Waals surface area contributed by atoms with Crippen molar-refractivity contribution >= 4 is 5.97 Å². The summed E-state index contributed by atoms with van der Waals surface area (Å²) in [6.07, 6.45) is 22.5. The first kappa shape index (κ1) is 26.4. The number of carboxylic acid groups (broad SMARTS) is 1. The number of carboxylic acids is 1. The fourth-order valence-corrected chi connectivity index (χ4v) is 3.90. The summed E-state index contributed by atoms with van der Waals surface area (Å²) in [4.78, 5) is 11.8. The highest BCUT2D eigenvalue weighted by molar-refractivity contribution is 5.77. The molecule has 0 aliphatic rings. The van der Waals surface area contributed by atoms with Crippen LogP contribution in [0.1, 0.15) is 136 Å². The first-order chi connectivity index (χ1) is 13.1. The molecule has 0 bridgehead atoms. The second-order valence-electron chi connectivity index (χ2n) is 8.31. The van der Waals surface area contributed by atoms with Gasteiger partial charge in [-0.05, 0) is 25.7 Å². The predicted octanol–water partition coefficient (Wildman–Crippen LogP) is 7.91. The van der Waals surface area contributed by atoms with Crippen molar-refractivity contribution in [3.05, 3.63) is 0 Å². The number of hydrogen-bond acceptors (Lipinski definition) is 2. The van der Waals surface area contributed by atoms with Crippen LogP contribution in [0.3, 0.4) is 0 Å². The molecule has 3 heteroatoms. The zero-order chi connectivity index (χ0) is 20.2. The molecule has 0 amide bonds. The molecule has 0 heterocycles. The van der Waals surface area contributed by atoms with Gasteiger partial charge in [0.05, 0.1) is 0 Å². The molecular formula is C24H48O3. The summed E-state index contributed by atoms with van der Waals surface area (Å²) in [5.74, 6) is -0.771. The SMILES string of the molecule is CCCCCCCCCCCC(CCCCCCCCCC)(OC)C(=O)O. The van der Waals surface area contributed by atoms with Crippen LogP contribution in [0.25, 0.3) is 0 Å². The van der Waals surface area contributed by atoms with Gasteiger partial charge in [-0.3, -0.25) is 0 Å². The molecule has 0 spiro atoms. The van der Waals surface area contributed by atoms with Gasteiger partial charge in [0.2, 0.25) is 0 Å². The van der Waals surface area contributed by atoms with Gasteiger partial charge in [0.15, 0.2) is 5.60 Å². The van der Waals surface area contributed by atoms with Crippen molar-refractivity contribution in [1.29, 1.82) is 0 Å². The molecule has 0 fully saturated rings. The van der Waals surface area contributed by atoms with E-state index in [4.69, 9.17) is 4.74 Å². The number of ether oxygens (including phenoxy) is 1. The van der Waals surface area contributed by atoms with Gasteiger partial charge in [0.25, 0.3) is 0 Å². The van der Waals surface area contributed by atoms with Crippen LogP contribution < -0.4 is 0 Å².